The summed E-state index contributed by atoms with van der Waals surface area (Å²) in [4.78, 5) is 11.6. The standard InChI is InChI=1S/C12H13ClO2/c1-8(12(14)15-11-6-7-11)9-2-4-10(13)5-3-9/h2-5,8,11H,6-7H2,1H3. The second-order valence-electron chi connectivity index (χ2n) is 3.91. The Labute approximate surface area is 94.2 Å². The SMILES string of the molecule is CC(C(=O)OC1CC1)c1ccc(Cl)cc1. The van der Waals surface area contributed by atoms with E-state index in [2.05, 4.69) is 0 Å². The molecule has 0 heterocycles. The third kappa shape index (κ3) is 2.72. The highest BCUT2D eigenvalue weighted by Gasteiger charge is 2.28. The quantitative estimate of drug-likeness (QED) is 0.738. The van der Waals surface area contributed by atoms with Crippen LogP contribution in [0.1, 0.15) is 31.2 Å². The van der Waals surface area contributed by atoms with Gasteiger partial charge in [-0.15, -0.1) is 0 Å². The second-order valence-corrected chi connectivity index (χ2v) is 4.35. The first-order valence-electron chi connectivity index (χ1n) is 5.13. The molecule has 1 aliphatic carbocycles. The zero-order chi connectivity index (χ0) is 10.8. The summed E-state index contributed by atoms with van der Waals surface area (Å²) in [5.74, 6) is -0.345. The molecule has 0 N–H and O–H groups in total. The highest BCUT2D eigenvalue weighted by molar-refractivity contribution is 6.30. The van der Waals surface area contributed by atoms with Crippen LogP contribution >= 0.6 is 11.6 Å². The van der Waals surface area contributed by atoms with Crippen molar-refractivity contribution in [3.8, 4) is 0 Å². The average Bonchev–Trinajstić information content (AvgIpc) is 3.02. The second kappa shape index (κ2) is 4.23. The van der Waals surface area contributed by atoms with E-state index in [9.17, 15) is 4.79 Å². The van der Waals surface area contributed by atoms with Gasteiger partial charge in [0.2, 0.25) is 0 Å². The predicted molar refractivity (Wildman–Crippen MR) is 59.0 cm³/mol. The molecule has 1 fully saturated rings. The van der Waals surface area contributed by atoms with Crippen molar-refractivity contribution in [1.82, 2.24) is 0 Å². The van der Waals surface area contributed by atoms with Gasteiger partial charge in [-0.1, -0.05) is 23.7 Å². The van der Waals surface area contributed by atoms with E-state index >= 15 is 0 Å². The minimum absolute atomic E-state index is 0.139. The van der Waals surface area contributed by atoms with Gasteiger partial charge in [-0.3, -0.25) is 4.79 Å². The monoisotopic (exact) mass is 224 g/mol. The number of rotatable bonds is 3. The van der Waals surface area contributed by atoms with E-state index in [0.717, 1.165) is 18.4 Å². The number of benzene rings is 1. The maximum Gasteiger partial charge on any atom is 0.313 e. The third-order valence-electron chi connectivity index (χ3n) is 2.53. The summed E-state index contributed by atoms with van der Waals surface area (Å²) in [5, 5.41) is 0.682. The molecule has 0 radical (unpaired) electrons. The van der Waals surface area contributed by atoms with Crippen molar-refractivity contribution in [1.29, 1.82) is 0 Å². The fraction of sp³-hybridized carbons (Fsp3) is 0.417. The summed E-state index contributed by atoms with van der Waals surface area (Å²) in [7, 11) is 0. The van der Waals surface area contributed by atoms with Gasteiger partial charge in [-0.2, -0.15) is 0 Å². The van der Waals surface area contributed by atoms with Crippen molar-refractivity contribution >= 4 is 17.6 Å². The first-order chi connectivity index (χ1) is 7.16. The van der Waals surface area contributed by atoms with Crippen LogP contribution in [0.4, 0.5) is 0 Å². The van der Waals surface area contributed by atoms with Crippen LogP contribution in [0, 0.1) is 0 Å². The van der Waals surface area contributed by atoms with Gasteiger partial charge >= 0.3 is 5.97 Å². The van der Waals surface area contributed by atoms with Crippen LogP contribution in [-0.2, 0) is 9.53 Å². The van der Waals surface area contributed by atoms with Crippen LogP contribution in [0.15, 0.2) is 24.3 Å². The maximum atomic E-state index is 11.6. The molecule has 3 heteroatoms. The number of hydrogen-bond donors (Lipinski definition) is 0. The fourth-order valence-corrected chi connectivity index (χ4v) is 1.47. The smallest absolute Gasteiger partial charge is 0.313 e. The van der Waals surface area contributed by atoms with Crippen molar-refractivity contribution in [3.63, 3.8) is 0 Å². The van der Waals surface area contributed by atoms with Crippen LogP contribution in [0.25, 0.3) is 0 Å². The Balaban J connectivity index is 2.02. The Morgan fingerprint density at radius 2 is 2.00 bits per heavy atom. The Morgan fingerprint density at radius 3 is 2.53 bits per heavy atom. The van der Waals surface area contributed by atoms with E-state index in [1.54, 1.807) is 12.1 Å². The van der Waals surface area contributed by atoms with E-state index in [1.807, 2.05) is 19.1 Å². The normalized spacial score (nSPS) is 17.2. The zero-order valence-electron chi connectivity index (χ0n) is 8.57. The van der Waals surface area contributed by atoms with Gasteiger partial charge < -0.3 is 4.74 Å². The van der Waals surface area contributed by atoms with Crippen LogP contribution in [-0.4, -0.2) is 12.1 Å². The summed E-state index contributed by atoms with van der Waals surface area (Å²) in [6.45, 7) is 1.86. The number of carbonyl (C=O) groups excluding carboxylic acids is 1. The number of ether oxygens (including phenoxy) is 1. The lowest BCUT2D eigenvalue weighted by atomic mass is 10.0. The molecule has 2 nitrogen and oxygen atoms in total. The molecule has 2 rings (SSSR count). The first-order valence-corrected chi connectivity index (χ1v) is 5.50. The molecule has 0 spiro atoms. The highest BCUT2D eigenvalue weighted by atomic mass is 35.5. The summed E-state index contributed by atoms with van der Waals surface area (Å²) in [6, 6.07) is 7.30. The Kier molecular flexibility index (Phi) is 2.96. The van der Waals surface area contributed by atoms with Gasteiger partial charge in [0.25, 0.3) is 0 Å². The molecule has 0 amide bonds. The van der Waals surface area contributed by atoms with E-state index < -0.39 is 0 Å². The van der Waals surface area contributed by atoms with E-state index in [0.29, 0.717) is 5.02 Å². The van der Waals surface area contributed by atoms with Gasteiger partial charge in [-0.05, 0) is 37.5 Å². The Bertz CT molecular complexity index is 354. The minimum Gasteiger partial charge on any atom is -0.462 e. The summed E-state index contributed by atoms with van der Waals surface area (Å²) in [5.41, 5.74) is 0.949. The van der Waals surface area contributed by atoms with Crippen molar-refractivity contribution in [2.24, 2.45) is 0 Å². The summed E-state index contributed by atoms with van der Waals surface area (Å²) >= 11 is 5.77. The maximum absolute atomic E-state index is 11.6. The molecular weight excluding hydrogens is 212 g/mol. The molecule has 80 valence electrons. The first kappa shape index (κ1) is 10.5. The van der Waals surface area contributed by atoms with E-state index in [-0.39, 0.29) is 18.0 Å². The Morgan fingerprint density at radius 1 is 1.40 bits per heavy atom. The largest absolute Gasteiger partial charge is 0.462 e. The molecule has 15 heavy (non-hydrogen) atoms. The molecule has 1 aliphatic rings. The summed E-state index contributed by atoms with van der Waals surface area (Å²) < 4.78 is 5.24. The molecule has 0 aromatic heterocycles. The number of hydrogen-bond acceptors (Lipinski definition) is 2. The van der Waals surface area contributed by atoms with Crippen molar-refractivity contribution in [2.75, 3.05) is 0 Å². The minimum atomic E-state index is -0.206. The van der Waals surface area contributed by atoms with Gasteiger partial charge in [0.05, 0.1) is 5.92 Å². The van der Waals surface area contributed by atoms with Crippen LogP contribution in [0.3, 0.4) is 0 Å². The van der Waals surface area contributed by atoms with Crippen LogP contribution in [0.2, 0.25) is 5.02 Å². The molecule has 1 saturated carbocycles. The lowest BCUT2D eigenvalue weighted by Crippen LogP contribution is -2.14. The molecule has 1 atom stereocenters. The molecule has 1 aromatic rings. The van der Waals surface area contributed by atoms with Crippen molar-refractivity contribution < 1.29 is 9.53 Å². The van der Waals surface area contributed by atoms with Gasteiger partial charge in [0, 0.05) is 5.02 Å². The number of esters is 1. The lowest BCUT2D eigenvalue weighted by molar-refractivity contribution is -0.146. The highest BCUT2D eigenvalue weighted by Crippen LogP contribution is 2.27. The number of carbonyl (C=O) groups is 1. The molecular formula is C12H13ClO2. The molecule has 1 aromatic carbocycles. The van der Waals surface area contributed by atoms with Gasteiger partial charge in [-0.25, -0.2) is 0 Å². The van der Waals surface area contributed by atoms with Crippen molar-refractivity contribution in [2.45, 2.75) is 31.8 Å². The van der Waals surface area contributed by atoms with E-state index in [1.165, 1.54) is 0 Å². The van der Waals surface area contributed by atoms with Gasteiger partial charge in [0.15, 0.2) is 0 Å². The molecule has 0 aliphatic heterocycles. The van der Waals surface area contributed by atoms with E-state index in [4.69, 9.17) is 16.3 Å². The number of halogens is 1. The average molecular weight is 225 g/mol. The molecule has 1 unspecified atom stereocenters. The van der Waals surface area contributed by atoms with Gasteiger partial charge in [0.1, 0.15) is 6.10 Å². The van der Waals surface area contributed by atoms with Crippen LogP contribution in [0.5, 0.6) is 0 Å². The lowest BCUT2D eigenvalue weighted by Gasteiger charge is -2.11. The van der Waals surface area contributed by atoms with Crippen molar-refractivity contribution in [3.05, 3.63) is 34.9 Å². The third-order valence-corrected chi connectivity index (χ3v) is 2.78. The zero-order valence-corrected chi connectivity index (χ0v) is 9.33. The molecule has 0 bridgehead atoms. The van der Waals surface area contributed by atoms with Crippen LogP contribution < -0.4 is 0 Å². The summed E-state index contributed by atoms with van der Waals surface area (Å²) in [6.07, 6.45) is 2.20. The topological polar surface area (TPSA) is 26.3 Å². The predicted octanol–water partition coefficient (Wildman–Crippen LogP) is 3.15. The fourth-order valence-electron chi connectivity index (χ4n) is 1.34. The molecule has 0 saturated heterocycles. The Hall–Kier alpha value is -1.02.